The third-order valence-corrected chi connectivity index (χ3v) is 6.87. The van der Waals surface area contributed by atoms with Gasteiger partial charge in [-0.2, -0.15) is 4.31 Å². The highest BCUT2D eigenvalue weighted by Crippen LogP contribution is 2.25. The van der Waals surface area contributed by atoms with Crippen molar-refractivity contribution in [3.05, 3.63) is 24.3 Å². The Labute approximate surface area is 177 Å². The second kappa shape index (κ2) is 10.0. The third-order valence-electron chi connectivity index (χ3n) is 4.99. The molecule has 1 heterocycles. The molecule has 1 saturated heterocycles. The highest BCUT2D eigenvalue weighted by atomic mass is 32.2. The smallest absolute Gasteiger partial charge is 0.328 e. The Morgan fingerprint density at radius 2 is 1.80 bits per heavy atom. The summed E-state index contributed by atoms with van der Waals surface area (Å²) in [5.41, 5.74) is 0.500. The summed E-state index contributed by atoms with van der Waals surface area (Å²) in [6, 6.07) is 5.11. The number of sulfonamides is 1. The number of esters is 1. The van der Waals surface area contributed by atoms with Gasteiger partial charge in [-0.15, -0.1) is 0 Å². The summed E-state index contributed by atoms with van der Waals surface area (Å²) in [7, 11) is -2.53. The van der Waals surface area contributed by atoms with E-state index in [0.29, 0.717) is 25.1 Å². The van der Waals surface area contributed by atoms with Gasteiger partial charge in [0.1, 0.15) is 6.04 Å². The van der Waals surface area contributed by atoms with Crippen LogP contribution in [0.1, 0.15) is 33.6 Å². The summed E-state index contributed by atoms with van der Waals surface area (Å²) < 4.78 is 32.0. The van der Waals surface area contributed by atoms with E-state index in [-0.39, 0.29) is 29.2 Å². The van der Waals surface area contributed by atoms with Gasteiger partial charge in [0.05, 0.1) is 17.9 Å². The summed E-state index contributed by atoms with van der Waals surface area (Å²) in [5.74, 6) is -1.86. The molecule has 0 aromatic heterocycles. The second-order valence-corrected chi connectivity index (χ2v) is 9.60. The Hall–Kier alpha value is -2.46. The molecular formula is C20H29N3O6S. The van der Waals surface area contributed by atoms with Crippen LogP contribution in [0, 0.1) is 11.8 Å². The van der Waals surface area contributed by atoms with Gasteiger partial charge in [-0.3, -0.25) is 9.59 Å². The lowest BCUT2D eigenvalue weighted by molar-refractivity contribution is -0.147. The fourth-order valence-corrected chi connectivity index (χ4v) is 4.86. The predicted molar refractivity (Wildman–Crippen MR) is 111 cm³/mol. The third kappa shape index (κ3) is 5.79. The zero-order valence-electron chi connectivity index (χ0n) is 17.7. The Morgan fingerprint density at radius 3 is 2.33 bits per heavy atom. The van der Waals surface area contributed by atoms with Gasteiger partial charge in [0.25, 0.3) is 0 Å². The first-order chi connectivity index (χ1) is 14.1. The van der Waals surface area contributed by atoms with E-state index in [4.69, 9.17) is 4.74 Å². The maximum Gasteiger partial charge on any atom is 0.328 e. The molecular weight excluding hydrogens is 410 g/mol. The molecule has 1 aromatic rings. The number of rotatable bonds is 7. The molecule has 1 fully saturated rings. The summed E-state index contributed by atoms with van der Waals surface area (Å²) >= 11 is 0. The Balaban J connectivity index is 2.11. The van der Waals surface area contributed by atoms with Gasteiger partial charge >= 0.3 is 5.97 Å². The summed E-state index contributed by atoms with van der Waals surface area (Å²) in [4.78, 5) is 35.8. The maximum atomic E-state index is 13.0. The zero-order chi connectivity index (χ0) is 22.5. The topological polar surface area (TPSA) is 122 Å². The van der Waals surface area contributed by atoms with Crippen LogP contribution in [-0.4, -0.2) is 56.7 Å². The number of amides is 2. The zero-order valence-corrected chi connectivity index (χ0v) is 18.5. The Kier molecular flexibility index (Phi) is 7.96. The second-order valence-electron chi connectivity index (χ2n) is 7.66. The number of benzene rings is 1. The van der Waals surface area contributed by atoms with E-state index in [2.05, 4.69) is 10.6 Å². The minimum atomic E-state index is -3.79. The number of hydrogen-bond acceptors (Lipinski definition) is 6. The number of nitrogens with zero attached hydrogens (tertiary/aromatic N) is 1. The lowest BCUT2D eigenvalue weighted by atomic mass is 9.97. The van der Waals surface area contributed by atoms with Crippen molar-refractivity contribution in [2.24, 2.45) is 11.8 Å². The molecule has 0 bridgehead atoms. The van der Waals surface area contributed by atoms with E-state index in [0.717, 1.165) is 0 Å². The molecule has 1 aromatic carbocycles. The highest BCUT2D eigenvalue weighted by Gasteiger charge is 2.35. The van der Waals surface area contributed by atoms with Crippen LogP contribution in [0.25, 0.3) is 0 Å². The first-order valence-electron chi connectivity index (χ1n) is 9.82. The number of piperidine rings is 1. The van der Waals surface area contributed by atoms with Crippen LogP contribution in [0.3, 0.4) is 0 Å². The van der Waals surface area contributed by atoms with E-state index in [1.165, 1.54) is 42.6 Å². The van der Waals surface area contributed by atoms with Crippen molar-refractivity contribution >= 4 is 33.5 Å². The van der Waals surface area contributed by atoms with Crippen LogP contribution in [0.2, 0.25) is 0 Å². The fourth-order valence-electron chi connectivity index (χ4n) is 3.33. The van der Waals surface area contributed by atoms with Gasteiger partial charge in [-0.25, -0.2) is 13.2 Å². The van der Waals surface area contributed by atoms with Gasteiger partial charge in [0, 0.05) is 25.7 Å². The van der Waals surface area contributed by atoms with Gasteiger partial charge < -0.3 is 15.4 Å². The van der Waals surface area contributed by atoms with Crippen LogP contribution in [-0.2, 0) is 29.1 Å². The minimum Gasteiger partial charge on any atom is -0.467 e. The number of nitrogens with one attached hydrogen (secondary N) is 2. The SMILES string of the molecule is COC(=O)[C@@H](NC(=O)[C@H]1CCCN(S(=O)(=O)c2ccc(NC(C)=O)cc2)C1)C(C)C. The fraction of sp³-hybridized carbons (Fsp3) is 0.550. The van der Waals surface area contributed by atoms with Gasteiger partial charge in [-0.05, 0) is 43.0 Å². The lowest BCUT2D eigenvalue weighted by Gasteiger charge is -2.32. The molecule has 10 heteroatoms. The standard InChI is InChI=1S/C20H29N3O6S/c1-13(2)18(20(26)29-4)22-19(25)15-6-5-11-23(12-15)30(27,28)17-9-7-16(8-10-17)21-14(3)24/h7-10,13,15,18H,5-6,11-12H2,1-4H3,(H,21,24)(H,22,25)/t15-,18-/m0/s1. The predicted octanol–water partition coefficient (Wildman–Crippen LogP) is 1.36. The van der Waals surface area contributed by atoms with E-state index in [1.807, 2.05) is 0 Å². The van der Waals surface area contributed by atoms with Crippen LogP contribution in [0.5, 0.6) is 0 Å². The molecule has 0 aliphatic carbocycles. The number of anilines is 1. The molecule has 0 radical (unpaired) electrons. The molecule has 166 valence electrons. The molecule has 1 aliphatic rings. The highest BCUT2D eigenvalue weighted by molar-refractivity contribution is 7.89. The average Bonchev–Trinajstić information content (AvgIpc) is 2.71. The molecule has 2 rings (SSSR count). The van der Waals surface area contributed by atoms with Crippen molar-refractivity contribution in [3.8, 4) is 0 Å². The monoisotopic (exact) mass is 439 g/mol. The summed E-state index contributed by atoms with van der Waals surface area (Å²) in [5, 5.41) is 5.29. The number of ether oxygens (including phenoxy) is 1. The van der Waals surface area contributed by atoms with Crippen LogP contribution in [0.15, 0.2) is 29.2 Å². The molecule has 2 atom stereocenters. The summed E-state index contributed by atoms with van der Waals surface area (Å²) in [6.45, 7) is 5.31. The van der Waals surface area contributed by atoms with Crippen molar-refractivity contribution in [2.45, 2.75) is 44.6 Å². The molecule has 0 spiro atoms. The van der Waals surface area contributed by atoms with Crippen LogP contribution >= 0.6 is 0 Å². The van der Waals surface area contributed by atoms with Crippen LogP contribution in [0.4, 0.5) is 5.69 Å². The number of carbonyl (C=O) groups excluding carboxylic acids is 3. The molecule has 0 saturated carbocycles. The van der Waals surface area contributed by atoms with Crippen molar-refractivity contribution in [1.29, 1.82) is 0 Å². The van der Waals surface area contributed by atoms with Crippen LogP contribution < -0.4 is 10.6 Å². The molecule has 1 aliphatic heterocycles. The van der Waals surface area contributed by atoms with Gasteiger partial charge in [0.15, 0.2) is 0 Å². The first-order valence-corrected chi connectivity index (χ1v) is 11.3. The molecule has 0 unspecified atom stereocenters. The van der Waals surface area contributed by atoms with Crippen molar-refractivity contribution in [1.82, 2.24) is 9.62 Å². The maximum absolute atomic E-state index is 13.0. The van der Waals surface area contributed by atoms with E-state index in [9.17, 15) is 22.8 Å². The number of methoxy groups -OCH3 is 1. The minimum absolute atomic E-state index is 0.0353. The molecule has 30 heavy (non-hydrogen) atoms. The Bertz CT molecular complexity index is 882. The number of hydrogen-bond donors (Lipinski definition) is 2. The average molecular weight is 440 g/mol. The van der Waals surface area contributed by atoms with E-state index >= 15 is 0 Å². The molecule has 9 nitrogen and oxygen atoms in total. The van der Waals surface area contributed by atoms with Crippen molar-refractivity contribution in [2.75, 3.05) is 25.5 Å². The van der Waals surface area contributed by atoms with E-state index < -0.39 is 28.0 Å². The Morgan fingerprint density at radius 1 is 1.17 bits per heavy atom. The summed E-state index contributed by atoms with van der Waals surface area (Å²) in [6.07, 6.45) is 1.07. The number of carbonyl (C=O) groups is 3. The largest absolute Gasteiger partial charge is 0.467 e. The first kappa shape index (κ1) is 23.8. The van der Waals surface area contributed by atoms with Crippen molar-refractivity contribution in [3.63, 3.8) is 0 Å². The lowest BCUT2D eigenvalue weighted by Crippen LogP contribution is -2.51. The van der Waals surface area contributed by atoms with Gasteiger partial charge in [-0.1, -0.05) is 13.8 Å². The van der Waals surface area contributed by atoms with Gasteiger partial charge in [0.2, 0.25) is 21.8 Å². The van der Waals surface area contributed by atoms with Crippen molar-refractivity contribution < 1.29 is 27.5 Å². The normalized spacial score (nSPS) is 18.5. The molecule has 2 N–H and O–H groups in total. The molecule has 2 amide bonds. The van der Waals surface area contributed by atoms with E-state index in [1.54, 1.807) is 13.8 Å². The quantitative estimate of drug-likeness (QED) is 0.619.